The molecule has 3 nitrogen and oxygen atoms in total. The van der Waals surface area contributed by atoms with Crippen LogP contribution in [0, 0.1) is 11.3 Å². The Labute approximate surface area is 111 Å². The predicted octanol–water partition coefficient (Wildman–Crippen LogP) is 2.58. The van der Waals surface area contributed by atoms with Crippen LogP contribution in [0.15, 0.2) is 0 Å². The van der Waals surface area contributed by atoms with Gasteiger partial charge in [-0.1, -0.05) is 33.0 Å². The molecule has 0 saturated carbocycles. The van der Waals surface area contributed by atoms with Crippen LogP contribution in [0.1, 0.15) is 47.5 Å². The molecular formula is C13H26N2OS. The molecule has 0 aromatic rings. The molecule has 100 valence electrons. The maximum Gasteiger partial charge on any atom is 0.235 e. The number of nitrogens with zero attached hydrogens (tertiary/aromatic N) is 1. The highest BCUT2D eigenvalue weighted by atomic mass is 32.1. The molecule has 0 rings (SSSR count). The first kappa shape index (κ1) is 16.4. The third-order valence-corrected chi connectivity index (χ3v) is 3.97. The Balaban J connectivity index is 4.85. The van der Waals surface area contributed by atoms with Gasteiger partial charge in [-0.25, -0.2) is 0 Å². The van der Waals surface area contributed by atoms with Gasteiger partial charge in [0, 0.05) is 13.1 Å². The molecular weight excluding hydrogens is 232 g/mol. The van der Waals surface area contributed by atoms with E-state index in [9.17, 15) is 4.79 Å². The summed E-state index contributed by atoms with van der Waals surface area (Å²) in [6.45, 7) is 10.1. The summed E-state index contributed by atoms with van der Waals surface area (Å²) >= 11 is 5.03. The van der Waals surface area contributed by atoms with E-state index in [4.69, 9.17) is 18.0 Å². The maximum absolute atomic E-state index is 12.4. The Morgan fingerprint density at radius 2 is 1.88 bits per heavy atom. The lowest BCUT2D eigenvalue weighted by molar-refractivity contribution is -0.138. The van der Waals surface area contributed by atoms with Crippen LogP contribution >= 0.6 is 12.2 Å². The number of carbonyl (C=O) groups excluding carboxylic acids is 1. The van der Waals surface area contributed by atoms with Crippen molar-refractivity contribution in [3.63, 3.8) is 0 Å². The quantitative estimate of drug-likeness (QED) is 0.745. The molecule has 0 aliphatic rings. The van der Waals surface area contributed by atoms with Crippen LogP contribution in [0.25, 0.3) is 0 Å². The fourth-order valence-corrected chi connectivity index (χ4v) is 2.09. The van der Waals surface area contributed by atoms with Crippen LogP contribution < -0.4 is 5.73 Å². The zero-order valence-electron chi connectivity index (χ0n) is 11.9. The highest BCUT2D eigenvalue weighted by Crippen LogP contribution is 2.26. The minimum absolute atomic E-state index is 0.0284. The summed E-state index contributed by atoms with van der Waals surface area (Å²) in [6.07, 6.45) is 1.62. The number of nitrogens with two attached hydrogens (primary N) is 1. The zero-order chi connectivity index (χ0) is 13.8. The first-order chi connectivity index (χ1) is 7.66. The van der Waals surface area contributed by atoms with Crippen LogP contribution in [0.3, 0.4) is 0 Å². The van der Waals surface area contributed by atoms with Gasteiger partial charge in [-0.15, -0.1) is 0 Å². The summed E-state index contributed by atoms with van der Waals surface area (Å²) in [5.41, 5.74) is 4.99. The van der Waals surface area contributed by atoms with Crippen molar-refractivity contribution in [2.75, 3.05) is 7.05 Å². The van der Waals surface area contributed by atoms with Crippen molar-refractivity contribution < 1.29 is 4.79 Å². The average Bonchev–Trinajstić information content (AvgIpc) is 2.24. The Bertz CT molecular complexity index is 291. The summed E-state index contributed by atoms with van der Waals surface area (Å²) in [6, 6.07) is 0.211. The lowest BCUT2D eigenvalue weighted by Gasteiger charge is -2.35. The standard InChI is InChI=1S/C13H26N2OS/c1-7-13(5,11(14)17)12(16)15(6)10(4)8-9(2)3/h9-10H,7-8H2,1-6H3,(H2,14,17). The second-order valence-corrected chi connectivity index (χ2v) is 5.88. The molecule has 0 aromatic heterocycles. The molecule has 2 unspecified atom stereocenters. The van der Waals surface area contributed by atoms with Gasteiger partial charge < -0.3 is 10.6 Å². The van der Waals surface area contributed by atoms with E-state index in [-0.39, 0.29) is 16.9 Å². The lowest BCUT2D eigenvalue weighted by atomic mass is 9.85. The van der Waals surface area contributed by atoms with Gasteiger partial charge in [0.25, 0.3) is 0 Å². The Hall–Kier alpha value is -0.640. The SMILES string of the molecule is CCC(C)(C(=O)N(C)C(C)CC(C)C)C(N)=S. The van der Waals surface area contributed by atoms with E-state index in [1.807, 2.05) is 20.9 Å². The van der Waals surface area contributed by atoms with Crippen molar-refractivity contribution in [3.05, 3.63) is 0 Å². The third kappa shape index (κ3) is 3.95. The highest BCUT2D eigenvalue weighted by molar-refractivity contribution is 7.80. The van der Waals surface area contributed by atoms with Crippen molar-refractivity contribution in [3.8, 4) is 0 Å². The first-order valence-corrected chi connectivity index (χ1v) is 6.64. The van der Waals surface area contributed by atoms with E-state index >= 15 is 0 Å². The summed E-state index contributed by atoms with van der Waals surface area (Å²) in [4.78, 5) is 14.5. The van der Waals surface area contributed by atoms with Gasteiger partial charge in [-0.3, -0.25) is 4.79 Å². The van der Waals surface area contributed by atoms with E-state index in [0.717, 1.165) is 6.42 Å². The number of carbonyl (C=O) groups is 1. The molecule has 0 heterocycles. The van der Waals surface area contributed by atoms with Gasteiger partial charge >= 0.3 is 0 Å². The summed E-state index contributed by atoms with van der Waals surface area (Å²) in [7, 11) is 1.83. The number of hydrogen-bond donors (Lipinski definition) is 1. The molecule has 0 bridgehead atoms. The molecule has 0 aliphatic heterocycles. The molecule has 1 amide bonds. The molecule has 4 heteroatoms. The smallest absolute Gasteiger partial charge is 0.235 e. The lowest BCUT2D eigenvalue weighted by Crippen LogP contribution is -2.50. The highest BCUT2D eigenvalue weighted by Gasteiger charge is 2.38. The Kier molecular flexibility index (Phi) is 6.10. The second kappa shape index (κ2) is 6.34. The zero-order valence-corrected chi connectivity index (χ0v) is 12.7. The average molecular weight is 258 g/mol. The number of thiocarbonyl (C=S) groups is 1. The second-order valence-electron chi connectivity index (χ2n) is 5.44. The maximum atomic E-state index is 12.4. The topological polar surface area (TPSA) is 46.3 Å². The number of hydrogen-bond acceptors (Lipinski definition) is 2. The van der Waals surface area contributed by atoms with Gasteiger partial charge in [0.15, 0.2) is 0 Å². The van der Waals surface area contributed by atoms with Crippen molar-refractivity contribution in [1.29, 1.82) is 0 Å². The van der Waals surface area contributed by atoms with Gasteiger partial charge in [0.05, 0.1) is 10.4 Å². The summed E-state index contributed by atoms with van der Waals surface area (Å²) in [5, 5.41) is 0. The van der Waals surface area contributed by atoms with Crippen LogP contribution in [-0.2, 0) is 4.79 Å². The van der Waals surface area contributed by atoms with Crippen LogP contribution in [0.2, 0.25) is 0 Å². The largest absolute Gasteiger partial charge is 0.392 e. The normalized spacial score (nSPS) is 16.4. The van der Waals surface area contributed by atoms with Gasteiger partial charge in [0.2, 0.25) is 5.91 Å². The van der Waals surface area contributed by atoms with Crippen molar-refractivity contribution in [1.82, 2.24) is 4.90 Å². The van der Waals surface area contributed by atoms with Crippen LogP contribution in [0.5, 0.6) is 0 Å². The van der Waals surface area contributed by atoms with E-state index in [0.29, 0.717) is 12.3 Å². The van der Waals surface area contributed by atoms with E-state index < -0.39 is 5.41 Å². The van der Waals surface area contributed by atoms with Gasteiger partial charge in [0.1, 0.15) is 0 Å². The van der Waals surface area contributed by atoms with Crippen LogP contribution in [0.4, 0.5) is 0 Å². The predicted molar refractivity (Wildman–Crippen MR) is 76.9 cm³/mol. The summed E-state index contributed by atoms with van der Waals surface area (Å²) in [5.74, 6) is 0.596. The monoisotopic (exact) mass is 258 g/mol. The summed E-state index contributed by atoms with van der Waals surface area (Å²) < 4.78 is 0. The molecule has 0 aliphatic carbocycles. The minimum atomic E-state index is -0.713. The van der Waals surface area contributed by atoms with E-state index in [1.165, 1.54) is 0 Å². The molecule has 2 N–H and O–H groups in total. The van der Waals surface area contributed by atoms with E-state index in [2.05, 4.69) is 20.8 Å². The minimum Gasteiger partial charge on any atom is -0.392 e. The first-order valence-electron chi connectivity index (χ1n) is 6.24. The third-order valence-electron chi connectivity index (χ3n) is 3.52. The molecule has 0 radical (unpaired) electrons. The van der Waals surface area contributed by atoms with Gasteiger partial charge in [-0.05, 0) is 32.6 Å². The van der Waals surface area contributed by atoms with Crippen molar-refractivity contribution in [2.24, 2.45) is 17.1 Å². The number of rotatable bonds is 6. The molecule has 2 atom stereocenters. The fraction of sp³-hybridized carbons (Fsp3) is 0.846. The van der Waals surface area contributed by atoms with Crippen molar-refractivity contribution >= 4 is 23.1 Å². The molecule has 17 heavy (non-hydrogen) atoms. The molecule has 0 fully saturated rings. The van der Waals surface area contributed by atoms with Crippen molar-refractivity contribution in [2.45, 2.75) is 53.5 Å². The Morgan fingerprint density at radius 1 is 1.41 bits per heavy atom. The number of amides is 1. The van der Waals surface area contributed by atoms with Crippen LogP contribution in [-0.4, -0.2) is 28.9 Å². The molecule has 0 saturated heterocycles. The molecule has 0 spiro atoms. The van der Waals surface area contributed by atoms with Gasteiger partial charge in [-0.2, -0.15) is 0 Å². The molecule has 0 aromatic carbocycles. The van der Waals surface area contributed by atoms with E-state index in [1.54, 1.807) is 4.90 Å². The Morgan fingerprint density at radius 3 is 2.18 bits per heavy atom. The fourth-order valence-electron chi connectivity index (χ4n) is 1.86.